The van der Waals surface area contributed by atoms with E-state index in [4.69, 9.17) is 9.47 Å². The number of piperidine rings is 1. The summed E-state index contributed by atoms with van der Waals surface area (Å²) in [6.45, 7) is 8.04. The molecule has 1 heterocycles. The molecule has 0 radical (unpaired) electrons. The molecule has 1 aliphatic rings. The van der Waals surface area contributed by atoms with Gasteiger partial charge in [-0.1, -0.05) is 26.0 Å². The Hall–Kier alpha value is -1.71. The summed E-state index contributed by atoms with van der Waals surface area (Å²) >= 11 is 0. The van der Waals surface area contributed by atoms with E-state index >= 15 is 0 Å². The molecule has 116 valence electrons. The van der Waals surface area contributed by atoms with Gasteiger partial charge in [0.15, 0.2) is 11.5 Å². The van der Waals surface area contributed by atoms with Gasteiger partial charge in [-0.15, -0.1) is 0 Å². The van der Waals surface area contributed by atoms with Crippen molar-refractivity contribution in [2.45, 2.75) is 39.7 Å². The number of amides is 1. The normalized spacial score (nSPS) is 16.1. The number of likely N-dealkylation sites (tertiary alicyclic amines) is 1. The van der Waals surface area contributed by atoms with Crippen molar-refractivity contribution < 1.29 is 14.3 Å². The Morgan fingerprint density at radius 3 is 2.43 bits per heavy atom. The summed E-state index contributed by atoms with van der Waals surface area (Å²) in [4.78, 5) is 13.9. The van der Waals surface area contributed by atoms with Crippen LogP contribution in [0.25, 0.3) is 0 Å². The minimum absolute atomic E-state index is 0.0705. The van der Waals surface area contributed by atoms with Crippen LogP contribution in [0.1, 0.15) is 33.6 Å². The maximum absolute atomic E-state index is 12.0. The first-order valence-electron chi connectivity index (χ1n) is 7.79. The zero-order chi connectivity index (χ0) is 15.2. The molecule has 4 heteroatoms. The van der Waals surface area contributed by atoms with Crippen LogP contribution < -0.4 is 9.47 Å². The maximum Gasteiger partial charge on any atom is 0.225 e. The summed E-state index contributed by atoms with van der Waals surface area (Å²) in [5.41, 5.74) is 0. The number of hydrogen-bond donors (Lipinski definition) is 0. The number of carbonyl (C=O) groups excluding carboxylic acids is 1. The van der Waals surface area contributed by atoms with Gasteiger partial charge in [0.25, 0.3) is 0 Å². The molecule has 0 atom stereocenters. The topological polar surface area (TPSA) is 38.8 Å². The average Bonchev–Trinajstić information content (AvgIpc) is 2.49. The number of ether oxygens (including phenoxy) is 2. The van der Waals surface area contributed by atoms with E-state index in [-0.39, 0.29) is 17.9 Å². The van der Waals surface area contributed by atoms with E-state index < -0.39 is 0 Å². The van der Waals surface area contributed by atoms with Crippen molar-refractivity contribution in [1.82, 2.24) is 4.90 Å². The SMILES string of the molecule is CCOc1ccccc1OC1CCN(C(=O)C(C)C)CC1. The molecule has 1 aromatic rings. The second-order valence-electron chi connectivity index (χ2n) is 5.68. The largest absolute Gasteiger partial charge is 0.490 e. The summed E-state index contributed by atoms with van der Waals surface area (Å²) in [5, 5.41) is 0. The fraction of sp³-hybridized carbons (Fsp3) is 0.588. The minimum atomic E-state index is 0.0705. The van der Waals surface area contributed by atoms with E-state index in [2.05, 4.69) is 0 Å². The molecule has 0 aromatic heterocycles. The Morgan fingerprint density at radius 1 is 1.24 bits per heavy atom. The molecule has 0 unspecified atom stereocenters. The van der Waals surface area contributed by atoms with Crippen molar-refractivity contribution in [3.63, 3.8) is 0 Å². The summed E-state index contributed by atoms with van der Waals surface area (Å²) in [6, 6.07) is 7.77. The molecule has 0 saturated carbocycles. The number of rotatable bonds is 5. The molecular weight excluding hydrogens is 266 g/mol. The summed E-state index contributed by atoms with van der Waals surface area (Å²) in [5.74, 6) is 1.90. The monoisotopic (exact) mass is 291 g/mol. The fourth-order valence-electron chi connectivity index (χ4n) is 2.56. The lowest BCUT2D eigenvalue weighted by Gasteiger charge is -2.33. The number of benzene rings is 1. The van der Waals surface area contributed by atoms with Crippen LogP contribution in [0.5, 0.6) is 11.5 Å². The Balaban J connectivity index is 1.90. The molecule has 0 spiro atoms. The van der Waals surface area contributed by atoms with Crippen LogP contribution in [0.3, 0.4) is 0 Å². The molecule has 0 N–H and O–H groups in total. The maximum atomic E-state index is 12.0. The van der Waals surface area contributed by atoms with Crippen LogP contribution in [0.15, 0.2) is 24.3 Å². The van der Waals surface area contributed by atoms with E-state index in [0.717, 1.165) is 37.4 Å². The number of carbonyl (C=O) groups is 1. The lowest BCUT2D eigenvalue weighted by Crippen LogP contribution is -2.43. The van der Waals surface area contributed by atoms with Gasteiger partial charge >= 0.3 is 0 Å². The summed E-state index contributed by atoms with van der Waals surface area (Å²) in [7, 11) is 0. The predicted molar refractivity (Wildman–Crippen MR) is 82.7 cm³/mol. The molecule has 1 aliphatic heterocycles. The van der Waals surface area contributed by atoms with Crippen molar-refractivity contribution in [3.05, 3.63) is 24.3 Å². The van der Waals surface area contributed by atoms with Crippen LogP contribution in [-0.4, -0.2) is 36.6 Å². The van der Waals surface area contributed by atoms with E-state index in [1.54, 1.807) is 0 Å². The van der Waals surface area contributed by atoms with Crippen molar-refractivity contribution in [1.29, 1.82) is 0 Å². The second-order valence-corrected chi connectivity index (χ2v) is 5.68. The molecule has 4 nitrogen and oxygen atoms in total. The highest BCUT2D eigenvalue weighted by atomic mass is 16.5. The fourth-order valence-corrected chi connectivity index (χ4v) is 2.56. The first-order valence-corrected chi connectivity index (χ1v) is 7.79. The van der Waals surface area contributed by atoms with Gasteiger partial charge in [0, 0.05) is 31.8 Å². The Kier molecular flexibility index (Phi) is 5.48. The van der Waals surface area contributed by atoms with Gasteiger partial charge in [-0.3, -0.25) is 4.79 Å². The Labute approximate surface area is 127 Å². The lowest BCUT2D eigenvalue weighted by atomic mass is 10.1. The molecule has 1 saturated heterocycles. The van der Waals surface area contributed by atoms with Crippen molar-refractivity contribution in [2.24, 2.45) is 5.92 Å². The van der Waals surface area contributed by atoms with Gasteiger partial charge in [-0.25, -0.2) is 0 Å². The molecule has 1 amide bonds. The highest BCUT2D eigenvalue weighted by Gasteiger charge is 2.25. The van der Waals surface area contributed by atoms with Crippen LogP contribution in [0.4, 0.5) is 0 Å². The van der Waals surface area contributed by atoms with Gasteiger partial charge < -0.3 is 14.4 Å². The minimum Gasteiger partial charge on any atom is -0.490 e. The first-order chi connectivity index (χ1) is 10.1. The van der Waals surface area contributed by atoms with Crippen LogP contribution >= 0.6 is 0 Å². The zero-order valence-electron chi connectivity index (χ0n) is 13.2. The molecule has 0 aliphatic carbocycles. The van der Waals surface area contributed by atoms with Crippen LogP contribution in [0.2, 0.25) is 0 Å². The van der Waals surface area contributed by atoms with Gasteiger partial charge in [-0.05, 0) is 19.1 Å². The van der Waals surface area contributed by atoms with Crippen molar-refractivity contribution >= 4 is 5.91 Å². The van der Waals surface area contributed by atoms with Gasteiger partial charge in [0.05, 0.1) is 6.61 Å². The van der Waals surface area contributed by atoms with E-state index in [1.165, 1.54) is 0 Å². The quantitative estimate of drug-likeness (QED) is 0.836. The van der Waals surface area contributed by atoms with E-state index in [1.807, 2.05) is 49.9 Å². The van der Waals surface area contributed by atoms with Crippen LogP contribution in [0, 0.1) is 5.92 Å². The molecule has 21 heavy (non-hydrogen) atoms. The van der Waals surface area contributed by atoms with Crippen molar-refractivity contribution in [2.75, 3.05) is 19.7 Å². The highest BCUT2D eigenvalue weighted by Crippen LogP contribution is 2.29. The summed E-state index contributed by atoms with van der Waals surface area (Å²) in [6.07, 6.45) is 1.90. The Bertz CT molecular complexity index is 465. The smallest absolute Gasteiger partial charge is 0.225 e. The molecule has 2 rings (SSSR count). The molecule has 1 aromatic carbocycles. The van der Waals surface area contributed by atoms with Gasteiger partial charge in [0.2, 0.25) is 5.91 Å². The second kappa shape index (κ2) is 7.34. The predicted octanol–water partition coefficient (Wildman–Crippen LogP) is 3.11. The number of nitrogens with zero attached hydrogens (tertiary/aromatic N) is 1. The van der Waals surface area contributed by atoms with Crippen molar-refractivity contribution in [3.8, 4) is 11.5 Å². The molecular formula is C17H25NO3. The van der Waals surface area contributed by atoms with E-state index in [0.29, 0.717) is 6.61 Å². The molecule has 1 fully saturated rings. The molecule has 0 bridgehead atoms. The summed E-state index contributed by atoms with van der Waals surface area (Å²) < 4.78 is 11.6. The number of hydrogen-bond acceptors (Lipinski definition) is 3. The highest BCUT2D eigenvalue weighted by molar-refractivity contribution is 5.78. The standard InChI is InChI=1S/C17H25NO3/c1-4-20-15-7-5-6-8-16(15)21-14-9-11-18(12-10-14)17(19)13(2)3/h5-8,13-14H,4,9-12H2,1-3H3. The van der Waals surface area contributed by atoms with Crippen LogP contribution in [-0.2, 0) is 4.79 Å². The number of para-hydroxylation sites is 2. The third-order valence-corrected chi connectivity index (χ3v) is 3.69. The third kappa shape index (κ3) is 4.13. The Morgan fingerprint density at radius 2 is 1.86 bits per heavy atom. The van der Waals surface area contributed by atoms with E-state index in [9.17, 15) is 4.79 Å². The van der Waals surface area contributed by atoms with Gasteiger partial charge in [0.1, 0.15) is 6.10 Å². The third-order valence-electron chi connectivity index (χ3n) is 3.69. The van der Waals surface area contributed by atoms with Gasteiger partial charge in [-0.2, -0.15) is 0 Å². The lowest BCUT2D eigenvalue weighted by molar-refractivity contribution is -0.136. The zero-order valence-corrected chi connectivity index (χ0v) is 13.2. The average molecular weight is 291 g/mol. The first kappa shape index (κ1) is 15.7.